The van der Waals surface area contributed by atoms with Gasteiger partial charge in [-0.2, -0.15) is 0 Å². The zero-order valence-electron chi connectivity index (χ0n) is 9.25. The fourth-order valence-electron chi connectivity index (χ4n) is 1.52. The largest absolute Gasteiger partial charge is 0.508 e. The summed E-state index contributed by atoms with van der Waals surface area (Å²) in [5, 5.41) is 12.7. The van der Waals surface area contributed by atoms with Gasteiger partial charge in [0.25, 0.3) is 0 Å². The van der Waals surface area contributed by atoms with Crippen molar-refractivity contribution in [3.8, 4) is 5.75 Å². The lowest BCUT2D eigenvalue weighted by Gasteiger charge is -2.09. The van der Waals surface area contributed by atoms with Crippen LogP contribution in [0.15, 0.2) is 36.4 Å². The summed E-state index contributed by atoms with van der Waals surface area (Å²) in [5.74, 6) is -1.05. The fourth-order valence-corrected chi connectivity index (χ4v) is 1.71. The molecular weight excluding hydrogens is 260 g/mol. The van der Waals surface area contributed by atoms with Crippen LogP contribution >= 0.6 is 11.6 Å². The lowest BCUT2D eigenvalue weighted by atomic mass is 10.2. The Bertz CT molecular complexity index is 523. The van der Waals surface area contributed by atoms with E-state index in [9.17, 15) is 13.9 Å². The number of halogens is 3. The molecule has 0 spiro atoms. The van der Waals surface area contributed by atoms with E-state index in [0.717, 1.165) is 18.2 Å². The third-order valence-corrected chi connectivity index (χ3v) is 2.67. The molecule has 0 radical (unpaired) electrons. The third kappa shape index (κ3) is 2.90. The van der Waals surface area contributed by atoms with Crippen LogP contribution in [0.4, 0.5) is 14.5 Å². The second-order valence-corrected chi connectivity index (χ2v) is 4.19. The second kappa shape index (κ2) is 5.23. The van der Waals surface area contributed by atoms with Gasteiger partial charge in [0.05, 0.1) is 5.69 Å². The predicted molar refractivity (Wildman–Crippen MR) is 66.8 cm³/mol. The van der Waals surface area contributed by atoms with Crippen LogP contribution in [0.2, 0.25) is 5.02 Å². The van der Waals surface area contributed by atoms with Gasteiger partial charge in [-0.05, 0) is 36.4 Å². The van der Waals surface area contributed by atoms with Gasteiger partial charge in [0.1, 0.15) is 17.4 Å². The average Bonchev–Trinajstić information content (AvgIpc) is 2.34. The smallest absolute Gasteiger partial charge is 0.146 e. The SMILES string of the molecule is Oc1ccc(Cl)cc1CNc1cc(F)ccc1F. The fraction of sp³-hybridized carbons (Fsp3) is 0.0769. The molecule has 5 heteroatoms. The van der Waals surface area contributed by atoms with Gasteiger partial charge in [0.2, 0.25) is 0 Å². The molecule has 2 nitrogen and oxygen atoms in total. The van der Waals surface area contributed by atoms with Crippen molar-refractivity contribution in [3.05, 3.63) is 58.6 Å². The number of hydrogen-bond acceptors (Lipinski definition) is 2. The minimum Gasteiger partial charge on any atom is -0.508 e. The number of phenolic OH excluding ortho intramolecular Hbond substituents is 1. The van der Waals surface area contributed by atoms with Crippen molar-refractivity contribution in [2.24, 2.45) is 0 Å². The van der Waals surface area contributed by atoms with Crippen LogP contribution in [0.25, 0.3) is 0 Å². The summed E-state index contributed by atoms with van der Waals surface area (Å²) >= 11 is 5.78. The number of anilines is 1. The van der Waals surface area contributed by atoms with Crippen LogP contribution in [-0.2, 0) is 6.54 Å². The summed E-state index contributed by atoms with van der Waals surface area (Å²) in [7, 11) is 0. The second-order valence-electron chi connectivity index (χ2n) is 3.75. The molecule has 2 N–H and O–H groups in total. The molecule has 0 amide bonds. The highest BCUT2D eigenvalue weighted by atomic mass is 35.5. The molecule has 2 aromatic carbocycles. The Balaban J connectivity index is 2.16. The molecular formula is C13H10ClF2NO. The Morgan fingerprint density at radius 2 is 1.89 bits per heavy atom. The number of benzene rings is 2. The molecule has 0 aliphatic rings. The van der Waals surface area contributed by atoms with Gasteiger partial charge >= 0.3 is 0 Å². The van der Waals surface area contributed by atoms with E-state index < -0.39 is 11.6 Å². The lowest BCUT2D eigenvalue weighted by Crippen LogP contribution is -2.02. The summed E-state index contributed by atoms with van der Waals surface area (Å²) in [6.45, 7) is 0.146. The highest BCUT2D eigenvalue weighted by Crippen LogP contribution is 2.23. The molecule has 0 aliphatic carbocycles. The standard InChI is InChI=1S/C13H10ClF2NO/c14-9-1-4-13(18)8(5-9)7-17-12-6-10(15)2-3-11(12)16/h1-6,17-18H,7H2. The quantitative estimate of drug-likeness (QED) is 0.885. The van der Waals surface area contributed by atoms with Crippen molar-refractivity contribution in [2.45, 2.75) is 6.54 Å². The zero-order valence-corrected chi connectivity index (χ0v) is 10.0. The monoisotopic (exact) mass is 269 g/mol. The topological polar surface area (TPSA) is 32.3 Å². The van der Waals surface area contributed by atoms with Gasteiger partial charge in [0.15, 0.2) is 0 Å². The van der Waals surface area contributed by atoms with Crippen molar-refractivity contribution >= 4 is 17.3 Å². The first-order valence-corrected chi connectivity index (χ1v) is 5.60. The van der Waals surface area contributed by atoms with Crippen molar-refractivity contribution in [1.82, 2.24) is 0 Å². The molecule has 94 valence electrons. The molecule has 0 aromatic heterocycles. The van der Waals surface area contributed by atoms with Crippen LogP contribution in [0.5, 0.6) is 5.75 Å². The van der Waals surface area contributed by atoms with Gasteiger partial charge in [-0.25, -0.2) is 8.78 Å². The van der Waals surface area contributed by atoms with E-state index in [1.807, 2.05) is 0 Å². The minimum atomic E-state index is -0.557. The molecule has 2 aromatic rings. The molecule has 2 rings (SSSR count). The number of hydrogen-bond donors (Lipinski definition) is 2. The van der Waals surface area contributed by atoms with E-state index in [2.05, 4.69) is 5.32 Å². The first kappa shape index (κ1) is 12.6. The highest BCUT2D eigenvalue weighted by Gasteiger charge is 2.06. The number of aromatic hydroxyl groups is 1. The number of phenols is 1. The van der Waals surface area contributed by atoms with E-state index in [0.29, 0.717) is 10.6 Å². The summed E-state index contributed by atoms with van der Waals surface area (Å²) in [6.07, 6.45) is 0. The van der Waals surface area contributed by atoms with Crippen LogP contribution < -0.4 is 5.32 Å². The molecule has 0 atom stereocenters. The van der Waals surface area contributed by atoms with Gasteiger partial charge < -0.3 is 10.4 Å². The van der Waals surface area contributed by atoms with E-state index in [-0.39, 0.29) is 18.0 Å². The van der Waals surface area contributed by atoms with Crippen LogP contribution in [0.1, 0.15) is 5.56 Å². The summed E-state index contributed by atoms with van der Waals surface area (Å²) in [5.41, 5.74) is 0.542. The molecule has 0 saturated carbocycles. The Morgan fingerprint density at radius 1 is 1.11 bits per heavy atom. The Kier molecular flexibility index (Phi) is 3.67. The van der Waals surface area contributed by atoms with E-state index in [4.69, 9.17) is 11.6 Å². The van der Waals surface area contributed by atoms with Gasteiger partial charge in [0, 0.05) is 17.1 Å². The number of rotatable bonds is 3. The third-order valence-electron chi connectivity index (χ3n) is 2.44. The molecule has 18 heavy (non-hydrogen) atoms. The number of nitrogens with one attached hydrogen (secondary N) is 1. The summed E-state index contributed by atoms with van der Waals surface area (Å²) < 4.78 is 26.3. The van der Waals surface area contributed by atoms with Gasteiger partial charge in [-0.3, -0.25) is 0 Å². The predicted octanol–water partition coefficient (Wildman–Crippen LogP) is 3.94. The Hall–Kier alpha value is -1.81. The highest BCUT2D eigenvalue weighted by molar-refractivity contribution is 6.30. The summed E-state index contributed by atoms with van der Waals surface area (Å²) in [6, 6.07) is 7.68. The van der Waals surface area contributed by atoms with Crippen molar-refractivity contribution in [3.63, 3.8) is 0 Å². The zero-order chi connectivity index (χ0) is 13.1. The molecule has 0 heterocycles. The first-order valence-electron chi connectivity index (χ1n) is 5.22. The Labute approximate surface area is 108 Å². The van der Waals surface area contributed by atoms with E-state index in [1.54, 1.807) is 12.1 Å². The lowest BCUT2D eigenvalue weighted by molar-refractivity contribution is 0.469. The maximum atomic E-state index is 13.3. The van der Waals surface area contributed by atoms with E-state index in [1.165, 1.54) is 6.07 Å². The molecule has 0 bridgehead atoms. The van der Waals surface area contributed by atoms with Crippen LogP contribution in [0, 0.1) is 11.6 Å². The van der Waals surface area contributed by atoms with Crippen LogP contribution in [0.3, 0.4) is 0 Å². The maximum Gasteiger partial charge on any atom is 0.146 e. The average molecular weight is 270 g/mol. The molecule has 0 unspecified atom stereocenters. The maximum absolute atomic E-state index is 13.3. The van der Waals surface area contributed by atoms with Gasteiger partial charge in [-0.1, -0.05) is 11.6 Å². The van der Waals surface area contributed by atoms with Crippen molar-refractivity contribution in [2.75, 3.05) is 5.32 Å². The van der Waals surface area contributed by atoms with Gasteiger partial charge in [-0.15, -0.1) is 0 Å². The molecule has 0 aliphatic heterocycles. The summed E-state index contributed by atoms with van der Waals surface area (Å²) in [4.78, 5) is 0. The van der Waals surface area contributed by atoms with E-state index >= 15 is 0 Å². The molecule has 0 saturated heterocycles. The van der Waals surface area contributed by atoms with Crippen LogP contribution in [-0.4, -0.2) is 5.11 Å². The van der Waals surface area contributed by atoms with Crippen molar-refractivity contribution < 1.29 is 13.9 Å². The minimum absolute atomic E-state index is 0.0365. The first-order chi connectivity index (χ1) is 8.56. The normalized spacial score (nSPS) is 10.4. The Morgan fingerprint density at radius 3 is 2.67 bits per heavy atom. The van der Waals surface area contributed by atoms with Crippen molar-refractivity contribution in [1.29, 1.82) is 0 Å². The molecule has 0 fully saturated rings.